The lowest BCUT2D eigenvalue weighted by atomic mass is 10.0. The molecule has 0 radical (unpaired) electrons. The van der Waals surface area contributed by atoms with E-state index in [0.29, 0.717) is 29.5 Å². The van der Waals surface area contributed by atoms with Gasteiger partial charge in [-0.25, -0.2) is 0 Å². The van der Waals surface area contributed by atoms with Gasteiger partial charge in [0, 0.05) is 52.2 Å². The highest BCUT2D eigenvalue weighted by Gasteiger charge is 2.23. The largest absolute Gasteiger partial charge is 0.492 e. The van der Waals surface area contributed by atoms with E-state index in [1.807, 2.05) is 0 Å². The number of H-pyrrole nitrogens is 1. The third-order valence-corrected chi connectivity index (χ3v) is 9.78. The average molecular weight is 684 g/mol. The summed E-state index contributed by atoms with van der Waals surface area (Å²) in [6.07, 6.45) is 1.30. The second-order valence-electron chi connectivity index (χ2n) is 10.8. The highest BCUT2D eigenvalue weighted by Crippen LogP contribution is 2.28. The van der Waals surface area contributed by atoms with E-state index in [4.69, 9.17) is 9.39 Å². The molecule has 0 bridgehead atoms. The molecule has 0 atom stereocenters. The molecule has 47 heavy (non-hydrogen) atoms. The quantitative estimate of drug-likeness (QED) is 0.0796. The number of pyridine rings is 2. The molecule has 6 aromatic rings. The molecule has 0 fully saturated rings. The summed E-state index contributed by atoms with van der Waals surface area (Å²) in [6.45, 7) is 0.241. The summed E-state index contributed by atoms with van der Waals surface area (Å²) >= 11 is 0. The number of nitrogens with zero attached hydrogens (tertiary/aromatic N) is 2. The molecule has 0 amide bonds. The van der Waals surface area contributed by atoms with Gasteiger partial charge in [0.15, 0.2) is 10.9 Å². The van der Waals surface area contributed by atoms with Crippen LogP contribution in [-0.4, -0.2) is 57.0 Å². The maximum atomic E-state index is 14.0. The molecule has 0 saturated heterocycles. The van der Waals surface area contributed by atoms with Crippen LogP contribution in [0.25, 0.3) is 43.6 Å². The Hall–Kier alpha value is -5.39. The summed E-state index contributed by atoms with van der Waals surface area (Å²) in [5.74, 6) is -2.33. The van der Waals surface area contributed by atoms with Gasteiger partial charge in [-0.2, -0.15) is 16.8 Å². The highest BCUT2D eigenvalue weighted by atomic mass is 32.2. The Labute approximate surface area is 264 Å². The predicted molar refractivity (Wildman–Crippen MR) is 169 cm³/mol. The highest BCUT2D eigenvalue weighted by molar-refractivity contribution is 7.87. The van der Waals surface area contributed by atoms with Crippen molar-refractivity contribution in [2.75, 3.05) is 0 Å². The number of aryl methyl sites for hydroxylation is 1. The smallest absolute Gasteiger partial charge is 0.357 e. The Kier molecular flexibility index (Phi) is 7.69. The van der Waals surface area contributed by atoms with Gasteiger partial charge in [0.1, 0.15) is 4.90 Å². The first-order chi connectivity index (χ1) is 22.2. The minimum absolute atomic E-state index is 0.0232. The van der Waals surface area contributed by atoms with E-state index in [-0.39, 0.29) is 51.1 Å². The van der Waals surface area contributed by atoms with Crippen LogP contribution < -0.4 is 15.1 Å². The number of fused-ring (bicyclic) bond motifs is 4. The fraction of sp³-hybridized carbons (Fsp3) is 0.167. The van der Waals surface area contributed by atoms with Gasteiger partial charge in [0.25, 0.3) is 10.1 Å². The molecule has 17 heteroatoms. The molecule has 0 unspecified atom stereocenters. The van der Waals surface area contributed by atoms with Crippen molar-refractivity contribution in [1.82, 2.24) is 14.3 Å². The van der Waals surface area contributed by atoms with E-state index in [0.717, 1.165) is 30.3 Å². The van der Waals surface area contributed by atoms with Crippen molar-refractivity contribution in [1.29, 1.82) is 0 Å². The lowest BCUT2D eigenvalue weighted by Crippen LogP contribution is -2.20. The van der Waals surface area contributed by atoms with Crippen molar-refractivity contribution in [2.45, 2.75) is 42.0 Å². The zero-order valence-corrected chi connectivity index (χ0v) is 25.7. The molecule has 0 spiro atoms. The molecule has 3 aromatic carbocycles. The number of unbranched alkanes of at least 4 members (excludes halogenated alkanes) is 2. The fourth-order valence-electron chi connectivity index (χ4n) is 5.50. The number of carboxylic acid groups (broad SMARTS) is 1. The number of benzene rings is 3. The standard InChI is InChI=1S/C30H25N3O12S2/c34-26-9-10-27(35)33(26)45-47(43,44)17-6-8-24-20(13-17)30(39)21-14-23-19(15-25(21)32(24)11-3-1-2-4-28(36)37)29(38)18-12-16(46(40,41)42)5-7-22(18)31-23/h5-10,12-15,34-35H,1-4,11H2,(H,31,38)(H,36,37)(H,40,41,42). The zero-order valence-electron chi connectivity index (χ0n) is 24.1. The molecule has 3 heterocycles. The van der Waals surface area contributed by atoms with Crippen molar-refractivity contribution in [3.8, 4) is 11.8 Å². The number of rotatable bonds is 10. The van der Waals surface area contributed by atoms with Gasteiger partial charge in [-0.15, -0.1) is 0 Å². The van der Waals surface area contributed by atoms with Gasteiger partial charge >= 0.3 is 16.1 Å². The van der Waals surface area contributed by atoms with Crippen molar-refractivity contribution in [2.24, 2.45) is 0 Å². The summed E-state index contributed by atoms with van der Waals surface area (Å²) in [5, 5.41) is 28.9. The Morgan fingerprint density at radius 2 is 1.34 bits per heavy atom. The van der Waals surface area contributed by atoms with Crippen LogP contribution in [0.1, 0.15) is 25.7 Å². The number of hydrogen-bond acceptors (Lipinski definition) is 10. The van der Waals surface area contributed by atoms with Gasteiger partial charge in [-0.1, -0.05) is 11.2 Å². The molecule has 0 aliphatic heterocycles. The minimum Gasteiger partial charge on any atom is -0.492 e. The second-order valence-corrected chi connectivity index (χ2v) is 13.7. The van der Waals surface area contributed by atoms with Crippen molar-refractivity contribution < 1.29 is 45.8 Å². The molecule has 6 rings (SSSR count). The predicted octanol–water partition coefficient (Wildman–Crippen LogP) is 3.07. The number of aromatic hydroxyl groups is 2. The van der Waals surface area contributed by atoms with Crippen LogP contribution in [0.15, 0.2) is 80.0 Å². The van der Waals surface area contributed by atoms with Crippen LogP contribution in [0.5, 0.6) is 11.8 Å². The first-order valence-corrected chi connectivity index (χ1v) is 16.8. The first kappa shape index (κ1) is 31.6. The van der Waals surface area contributed by atoms with Crippen molar-refractivity contribution in [3.63, 3.8) is 0 Å². The summed E-state index contributed by atoms with van der Waals surface area (Å²) in [4.78, 5) is 40.6. The van der Waals surface area contributed by atoms with Crippen LogP contribution in [0.3, 0.4) is 0 Å². The number of aromatic amines is 1. The van der Waals surface area contributed by atoms with Crippen LogP contribution in [0.4, 0.5) is 0 Å². The minimum atomic E-state index is -4.68. The maximum absolute atomic E-state index is 14.0. The third-order valence-electron chi connectivity index (χ3n) is 7.75. The Balaban J connectivity index is 1.57. The first-order valence-electron chi connectivity index (χ1n) is 14.0. The Bertz CT molecular complexity index is 2600. The van der Waals surface area contributed by atoms with E-state index in [1.165, 1.54) is 30.3 Å². The van der Waals surface area contributed by atoms with Crippen LogP contribution >= 0.6 is 0 Å². The monoisotopic (exact) mass is 683 g/mol. The van der Waals surface area contributed by atoms with Crippen LogP contribution in [-0.2, 0) is 31.6 Å². The van der Waals surface area contributed by atoms with E-state index >= 15 is 0 Å². The molecule has 5 N–H and O–H groups in total. The third kappa shape index (κ3) is 5.75. The number of carboxylic acids is 1. The number of aliphatic carboxylic acids is 1. The number of carbonyl (C=O) groups is 1. The SMILES string of the molecule is O=C(O)CCCCCn1c2ccc(S(=O)(=O)On3c(O)ccc3O)cc2c(=O)c2cc3[nH]c4ccc(S(=O)(=O)O)cc4c(=O)c3cc21. The van der Waals surface area contributed by atoms with Crippen LogP contribution in [0, 0.1) is 0 Å². The molecule has 3 aromatic heterocycles. The van der Waals surface area contributed by atoms with Gasteiger partial charge in [0.05, 0.1) is 21.4 Å². The second kappa shape index (κ2) is 11.4. The van der Waals surface area contributed by atoms with E-state index in [9.17, 15) is 46.0 Å². The van der Waals surface area contributed by atoms with Gasteiger partial charge in [-0.3, -0.25) is 23.2 Å². The molecule has 15 nitrogen and oxygen atoms in total. The summed E-state index contributed by atoms with van der Waals surface area (Å²) in [7, 11) is -9.28. The normalized spacial score (nSPS) is 12.4. The Morgan fingerprint density at radius 3 is 2.02 bits per heavy atom. The zero-order chi connectivity index (χ0) is 33.8. The lowest BCUT2D eigenvalue weighted by molar-refractivity contribution is -0.137. The molecular formula is C30H25N3O12S2. The van der Waals surface area contributed by atoms with E-state index in [2.05, 4.69) is 4.98 Å². The van der Waals surface area contributed by atoms with E-state index < -0.39 is 58.6 Å². The van der Waals surface area contributed by atoms with Gasteiger partial charge < -0.3 is 24.9 Å². The van der Waals surface area contributed by atoms with E-state index in [1.54, 1.807) is 4.57 Å². The van der Waals surface area contributed by atoms with Crippen molar-refractivity contribution in [3.05, 3.63) is 81.1 Å². The topological polar surface area (TPSA) is 235 Å². The summed E-state index contributed by atoms with van der Waals surface area (Å²) < 4.78 is 66.0. The average Bonchev–Trinajstić information content (AvgIpc) is 3.32. The maximum Gasteiger partial charge on any atom is 0.357 e. The number of nitrogens with one attached hydrogen (secondary N) is 1. The van der Waals surface area contributed by atoms with Gasteiger partial charge in [0.2, 0.25) is 11.8 Å². The number of hydrogen-bond donors (Lipinski definition) is 5. The molecule has 0 aliphatic rings. The molecular weight excluding hydrogens is 658 g/mol. The lowest BCUT2D eigenvalue weighted by Gasteiger charge is -2.17. The van der Waals surface area contributed by atoms with Crippen molar-refractivity contribution >= 4 is 69.8 Å². The fourth-order valence-corrected chi connectivity index (χ4v) is 6.94. The molecule has 244 valence electrons. The summed E-state index contributed by atoms with van der Waals surface area (Å²) in [5.41, 5.74) is -0.113. The molecule has 0 saturated carbocycles. The van der Waals surface area contributed by atoms with Gasteiger partial charge in [-0.05, 0) is 61.4 Å². The molecule has 0 aliphatic carbocycles. The number of aromatic nitrogens is 3. The Morgan fingerprint density at radius 1 is 0.723 bits per heavy atom. The van der Waals surface area contributed by atoms with Crippen LogP contribution in [0.2, 0.25) is 0 Å². The summed E-state index contributed by atoms with van der Waals surface area (Å²) in [6, 6.07) is 12.0.